The minimum absolute atomic E-state index is 0.327. The fourth-order valence-corrected chi connectivity index (χ4v) is 1.41. The maximum Gasteiger partial charge on any atom is 0.0139 e. The van der Waals surface area contributed by atoms with Crippen LogP contribution in [0.4, 0.5) is 0 Å². The van der Waals surface area contributed by atoms with Crippen LogP contribution in [0.25, 0.3) is 0 Å². The molecule has 2 heteroatoms. The highest BCUT2D eigenvalue weighted by atomic mass is 15.1. The topological polar surface area (TPSA) is 29.3 Å². The third-order valence-corrected chi connectivity index (χ3v) is 2.21. The van der Waals surface area contributed by atoms with Crippen molar-refractivity contribution in [1.82, 2.24) is 4.90 Å². The van der Waals surface area contributed by atoms with E-state index in [1.54, 1.807) is 0 Å². The summed E-state index contributed by atoms with van der Waals surface area (Å²) in [6.45, 7) is 7.78. The largest absolute Gasteiger partial charge is 0.327 e. The van der Waals surface area contributed by atoms with E-state index < -0.39 is 0 Å². The molecule has 2 N–H and O–H groups in total. The molecule has 0 aromatic carbocycles. The third-order valence-electron chi connectivity index (χ3n) is 2.21. The van der Waals surface area contributed by atoms with Crippen LogP contribution in [0.3, 0.4) is 0 Å². The minimum atomic E-state index is 0.327. The molecule has 0 radical (unpaired) electrons. The van der Waals surface area contributed by atoms with Crippen molar-refractivity contribution in [2.45, 2.75) is 32.7 Å². The van der Waals surface area contributed by atoms with Crippen LogP contribution in [-0.4, -0.2) is 30.6 Å². The lowest BCUT2D eigenvalue weighted by Crippen LogP contribution is -2.36. The van der Waals surface area contributed by atoms with Gasteiger partial charge in [-0.3, -0.25) is 0 Å². The number of hydrogen-bond acceptors (Lipinski definition) is 2. The average molecular weight is 156 g/mol. The monoisotopic (exact) mass is 156 g/mol. The van der Waals surface area contributed by atoms with Gasteiger partial charge in [0, 0.05) is 19.1 Å². The molecule has 2 nitrogen and oxygen atoms in total. The maximum absolute atomic E-state index is 5.72. The van der Waals surface area contributed by atoms with E-state index in [9.17, 15) is 0 Å². The normalized spacial score (nSPS) is 20.7. The van der Waals surface area contributed by atoms with E-state index in [1.165, 1.54) is 19.4 Å². The average Bonchev–Trinajstić information content (AvgIpc) is 2.69. The second-order valence-electron chi connectivity index (χ2n) is 3.77. The molecule has 1 rings (SSSR count). The van der Waals surface area contributed by atoms with Crippen molar-refractivity contribution in [2.75, 3.05) is 19.6 Å². The number of nitrogens with two attached hydrogens (primary N) is 1. The van der Waals surface area contributed by atoms with Gasteiger partial charge in [-0.1, -0.05) is 6.92 Å². The van der Waals surface area contributed by atoms with Crippen LogP contribution >= 0.6 is 0 Å². The van der Waals surface area contributed by atoms with Gasteiger partial charge < -0.3 is 10.6 Å². The predicted molar refractivity (Wildman–Crippen MR) is 48.5 cm³/mol. The number of rotatable bonds is 5. The lowest BCUT2D eigenvalue weighted by atomic mass is 10.3. The fraction of sp³-hybridized carbons (Fsp3) is 1.00. The number of hydrogen-bond donors (Lipinski definition) is 1. The molecular formula is C9H20N2. The molecule has 0 spiro atoms. The maximum atomic E-state index is 5.72. The summed E-state index contributed by atoms with van der Waals surface area (Å²) in [5.41, 5.74) is 5.72. The summed E-state index contributed by atoms with van der Waals surface area (Å²) in [7, 11) is 0. The van der Waals surface area contributed by atoms with E-state index in [1.807, 2.05) is 0 Å². The third kappa shape index (κ3) is 3.73. The molecule has 0 saturated heterocycles. The van der Waals surface area contributed by atoms with Gasteiger partial charge in [0.1, 0.15) is 0 Å². The van der Waals surface area contributed by atoms with Crippen molar-refractivity contribution in [3.63, 3.8) is 0 Å². The Morgan fingerprint density at radius 2 is 2.18 bits per heavy atom. The summed E-state index contributed by atoms with van der Waals surface area (Å²) in [6, 6.07) is 0.327. The summed E-state index contributed by atoms with van der Waals surface area (Å²) in [4.78, 5) is 2.46. The van der Waals surface area contributed by atoms with Gasteiger partial charge in [0.15, 0.2) is 0 Å². The molecule has 1 aliphatic carbocycles. The Morgan fingerprint density at radius 1 is 1.55 bits per heavy atom. The molecule has 1 atom stereocenters. The molecule has 0 heterocycles. The summed E-state index contributed by atoms with van der Waals surface area (Å²) < 4.78 is 0. The molecular weight excluding hydrogens is 136 g/mol. The molecule has 0 unspecified atom stereocenters. The second-order valence-corrected chi connectivity index (χ2v) is 3.77. The Kier molecular flexibility index (Phi) is 3.34. The van der Waals surface area contributed by atoms with E-state index in [0.717, 1.165) is 19.0 Å². The van der Waals surface area contributed by atoms with Gasteiger partial charge in [0.2, 0.25) is 0 Å². The van der Waals surface area contributed by atoms with Crippen LogP contribution in [0, 0.1) is 5.92 Å². The Labute approximate surface area is 69.8 Å². The molecule has 1 saturated carbocycles. The van der Waals surface area contributed by atoms with Gasteiger partial charge in [-0.25, -0.2) is 0 Å². The standard InChI is InChI=1S/C9H20N2/c1-3-11(6-8(2)10)7-9-4-5-9/h8-9H,3-7,10H2,1-2H3/t8-/m0/s1. The van der Waals surface area contributed by atoms with E-state index in [0.29, 0.717) is 6.04 Å². The Morgan fingerprint density at radius 3 is 2.55 bits per heavy atom. The second kappa shape index (κ2) is 4.07. The molecule has 0 aliphatic heterocycles. The molecule has 0 amide bonds. The van der Waals surface area contributed by atoms with Crippen molar-refractivity contribution >= 4 is 0 Å². The first kappa shape index (κ1) is 9.01. The zero-order valence-electron chi connectivity index (χ0n) is 7.71. The van der Waals surface area contributed by atoms with E-state index in [-0.39, 0.29) is 0 Å². The number of nitrogens with zero attached hydrogens (tertiary/aromatic N) is 1. The van der Waals surface area contributed by atoms with Crippen molar-refractivity contribution in [3.05, 3.63) is 0 Å². The van der Waals surface area contributed by atoms with Gasteiger partial charge >= 0.3 is 0 Å². The van der Waals surface area contributed by atoms with Crippen LogP contribution in [-0.2, 0) is 0 Å². The smallest absolute Gasteiger partial charge is 0.0139 e. The van der Waals surface area contributed by atoms with Crippen LogP contribution in [0.15, 0.2) is 0 Å². The summed E-state index contributed by atoms with van der Waals surface area (Å²) in [6.07, 6.45) is 2.88. The molecule has 1 aliphatic rings. The lowest BCUT2D eigenvalue weighted by molar-refractivity contribution is 0.264. The number of likely N-dealkylation sites (N-methyl/N-ethyl adjacent to an activating group) is 1. The highest BCUT2D eigenvalue weighted by Crippen LogP contribution is 2.29. The van der Waals surface area contributed by atoms with Gasteiger partial charge in [0.25, 0.3) is 0 Å². The lowest BCUT2D eigenvalue weighted by Gasteiger charge is -2.21. The Bertz CT molecular complexity index is 104. The fourth-order valence-electron chi connectivity index (χ4n) is 1.41. The summed E-state index contributed by atoms with van der Waals surface area (Å²) in [5.74, 6) is 0.994. The van der Waals surface area contributed by atoms with E-state index in [4.69, 9.17) is 5.73 Å². The van der Waals surface area contributed by atoms with Crippen molar-refractivity contribution in [3.8, 4) is 0 Å². The van der Waals surface area contributed by atoms with Crippen LogP contribution in [0.2, 0.25) is 0 Å². The first-order valence-electron chi connectivity index (χ1n) is 4.70. The highest BCUT2D eigenvalue weighted by molar-refractivity contribution is 4.77. The molecule has 1 fully saturated rings. The first-order chi connectivity index (χ1) is 5.22. The van der Waals surface area contributed by atoms with Crippen LogP contribution < -0.4 is 5.73 Å². The van der Waals surface area contributed by atoms with E-state index in [2.05, 4.69) is 18.7 Å². The quantitative estimate of drug-likeness (QED) is 0.645. The van der Waals surface area contributed by atoms with Crippen molar-refractivity contribution < 1.29 is 0 Å². The molecule has 0 aromatic rings. The zero-order valence-corrected chi connectivity index (χ0v) is 7.71. The van der Waals surface area contributed by atoms with Crippen LogP contribution in [0.5, 0.6) is 0 Å². The molecule has 0 bridgehead atoms. The van der Waals surface area contributed by atoms with Crippen molar-refractivity contribution in [1.29, 1.82) is 0 Å². The summed E-state index contributed by atoms with van der Waals surface area (Å²) in [5, 5.41) is 0. The van der Waals surface area contributed by atoms with Gasteiger partial charge in [-0.05, 0) is 32.2 Å². The van der Waals surface area contributed by atoms with E-state index >= 15 is 0 Å². The van der Waals surface area contributed by atoms with Crippen LogP contribution in [0.1, 0.15) is 26.7 Å². The van der Waals surface area contributed by atoms with Gasteiger partial charge in [-0.2, -0.15) is 0 Å². The molecule has 66 valence electrons. The SMILES string of the molecule is CCN(CC1CC1)C[C@H](C)N. The highest BCUT2D eigenvalue weighted by Gasteiger charge is 2.23. The van der Waals surface area contributed by atoms with Gasteiger partial charge in [-0.15, -0.1) is 0 Å². The summed E-state index contributed by atoms with van der Waals surface area (Å²) >= 11 is 0. The minimum Gasteiger partial charge on any atom is -0.327 e. The van der Waals surface area contributed by atoms with Gasteiger partial charge in [0.05, 0.1) is 0 Å². The zero-order chi connectivity index (χ0) is 8.27. The first-order valence-corrected chi connectivity index (χ1v) is 4.70. The Balaban J connectivity index is 2.12. The Hall–Kier alpha value is -0.0800. The molecule has 11 heavy (non-hydrogen) atoms. The molecule has 0 aromatic heterocycles. The van der Waals surface area contributed by atoms with Crippen molar-refractivity contribution in [2.24, 2.45) is 11.7 Å². The predicted octanol–water partition coefficient (Wildman–Crippen LogP) is 1.07.